The molecular weight excluding hydrogens is 264 g/mol. The molecule has 0 saturated heterocycles. The van der Waals surface area contributed by atoms with E-state index >= 15 is 0 Å². The van der Waals surface area contributed by atoms with E-state index in [4.69, 9.17) is 16.3 Å². The van der Waals surface area contributed by atoms with Crippen molar-refractivity contribution in [2.75, 3.05) is 18.6 Å². The smallest absolute Gasteiger partial charge is 0.162 e. The number of hydrogen-bond donors (Lipinski definition) is 0. The van der Waals surface area contributed by atoms with Gasteiger partial charge in [0.05, 0.1) is 15.0 Å². The Hall–Kier alpha value is -0.450. The summed E-state index contributed by atoms with van der Waals surface area (Å²) >= 11 is 7.00. The number of benzene rings is 1. The Bertz CT molecular complexity index is 405. The number of halogens is 1. The van der Waals surface area contributed by atoms with Crippen LogP contribution in [0.25, 0.3) is 6.08 Å². The van der Waals surface area contributed by atoms with Gasteiger partial charge in [0.2, 0.25) is 0 Å². The molecule has 1 atom stereocenters. The van der Waals surface area contributed by atoms with E-state index in [2.05, 4.69) is 0 Å². The molecule has 1 aromatic rings. The Morgan fingerprint density at radius 1 is 1.56 bits per heavy atom. The molecule has 0 heterocycles. The average molecular weight is 277 g/mol. The summed E-state index contributed by atoms with van der Waals surface area (Å²) in [7, 11) is -0.981. The molecule has 0 fully saturated rings. The number of hydrogen-bond acceptors (Lipinski definition) is 3. The van der Waals surface area contributed by atoms with E-state index in [0.717, 1.165) is 9.80 Å². The lowest BCUT2D eigenvalue weighted by molar-refractivity contribution is 0.387. The van der Waals surface area contributed by atoms with E-state index in [1.54, 1.807) is 6.26 Å². The highest BCUT2D eigenvalue weighted by Crippen LogP contribution is 2.25. The van der Waals surface area contributed by atoms with Gasteiger partial charge in [0.15, 0.2) is 6.07 Å². The molecule has 0 N–H and O–H groups in total. The minimum atomic E-state index is -0.981. The van der Waals surface area contributed by atoms with Crippen molar-refractivity contribution in [3.63, 3.8) is 0 Å². The van der Waals surface area contributed by atoms with Gasteiger partial charge in [0.1, 0.15) is 5.75 Å². The van der Waals surface area contributed by atoms with Gasteiger partial charge < -0.3 is 4.74 Å². The summed E-state index contributed by atoms with van der Waals surface area (Å²) < 4.78 is 17.5. The average Bonchev–Trinajstić information content (AvgIpc) is 2.27. The van der Waals surface area contributed by atoms with Crippen LogP contribution in [-0.2, 0) is 10.8 Å². The SMILES string of the molecule is CSC(=Cc1ccccc1OCCl)S(C)=O. The fourth-order valence-corrected chi connectivity index (χ4v) is 2.77. The maximum atomic E-state index is 11.4. The maximum absolute atomic E-state index is 11.4. The predicted molar refractivity (Wildman–Crippen MR) is 73.3 cm³/mol. The third-order valence-electron chi connectivity index (χ3n) is 1.89. The topological polar surface area (TPSA) is 26.3 Å². The maximum Gasteiger partial charge on any atom is 0.162 e. The Labute approximate surface area is 107 Å². The standard InChI is InChI=1S/C11H13ClO2S2/c1-15-11(16(2)13)7-9-5-3-4-6-10(9)14-8-12/h3-7H,8H2,1-2H3. The first-order chi connectivity index (χ1) is 7.69. The van der Waals surface area contributed by atoms with Crippen molar-refractivity contribution in [2.45, 2.75) is 0 Å². The number of para-hydroxylation sites is 1. The second-order valence-corrected chi connectivity index (χ2v) is 5.59. The van der Waals surface area contributed by atoms with Crippen LogP contribution >= 0.6 is 23.4 Å². The summed E-state index contributed by atoms with van der Waals surface area (Å²) in [5, 5.41) is 0. The molecule has 0 aromatic heterocycles. The minimum Gasteiger partial charge on any atom is -0.477 e. The van der Waals surface area contributed by atoms with Gasteiger partial charge in [0, 0.05) is 11.8 Å². The summed E-state index contributed by atoms with van der Waals surface area (Å²) in [5.74, 6) is 0.703. The van der Waals surface area contributed by atoms with Gasteiger partial charge in [-0.15, -0.1) is 11.8 Å². The molecule has 0 aliphatic rings. The Balaban J connectivity index is 3.07. The molecule has 0 bridgehead atoms. The van der Waals surface area contributed by atoms with Gasteiger partial charge in [0.25, 0.3) is 0 Å². The Kier molecular flexibility index (Phi) is 5.95. The molecule has 0 spiro atoms. The first-order valence-electron chi connectivity index (χ1n) is 4.56. The molecule has 0 saturated carbocycles. The van der Waals surface area contributed by atoms with E-state index < -0.39 is 10.8 Å². The van der Waals surface area contributed by atoms with Gasteiger partial charge in [-0.3, -0.25) is 4.21 Å². The Morgan fingerprint density at radius 2 is 2.25 bits per heavy atom. The number of thioether (sulfide) groups is 1. The van der Waals surface area contributed by atoms with E-state index in [1.165, 1.54) is 11.8 Å². The minimum absolute atomic E-state index is 0.106. The summed E-state index contributed by atoms with van der Waals surface area (Å²) in [6.45, 7) is 0. The summed E-state index contributed by atoms with van der Waals surface area (Å²) in [6.07, 6.45) is 5.42. The first-order valence-corrected chi connectivity index (χ1v) is 7.87. The number of alkyl halides is 1. The van der Waals surface area contributed by atoms with Gasteiger partial charge in [-0.2, -0.15) is 0 Å². The molecular formula is C11H13ClO2S2. The van der Waals surface area contributed by atoms with Crippen LogP contribution in [0.4, 0.5) is 0 Å². The van der Waals surface area contributed by atoms with Crippen LogP contribution in [0.15, 0.2) is 28.5 Å². The normalized spacial score (nSPS) is 13.6. The lowest BCUT2D eigenvalue weighted by atomic mass is 10.2. The van der Waals surface area contributed by atoms with Gasteiger partial charge in [-0.25, -0.2) is 0 Å². The van der Waals surface area contributed by atoms with E-state index in [0.29, 0.717) is 5.75 Å². The molecule has 0 aliphatic heterocycles. The monoisotopic (exact) mass is 276 g/mol. The van der Waals surface area contributed by atoms with Crippen LogP contribution in [0.5, 0.6) is 5.75 Å². The van der Waals surface area contributed by atoms with E-state index in [9.17, 15) is 4.21 Å². The van der Waals surface area contributed by atoms with Gasteiger partial charge in [-0.1, -0.05) is 29.8 Å². The highest BCUT2D eigenvalue weighted by Gasteiger charge is 2.04. The fraction of sp³-hybridized carbons (Fsp3) is 0.273. The highest BCUT2D eigenvalue weighted by atomic mass is 35.5. The van der Waals surface area contributed by atoms with Crippen molar-refractivity contribution in [3.8, 4) is 5.75 Å². The second kappa shape index (κ2) is 6.99. The van der Waals surface area contributed by atoms with Crippen molar-refractivity contribution in [1.82, 2.24) is 0 Å². The zero-order chi connectivity index (χ0) is 12.0. The van der Waals surface area contributed by atoms with Crippen molar-refractivity contribution in [1.29, 1.82) is 0 Å². The molecule has 1 aromatic carbocycles. The molecule has 5 heteroatoms. The largest absolute Gasteiger partial charge is 0.477 e. The molecule has 0 amide bonds. The summed E-state index contributed by atoms with van der Waals surface area (Å²) in [6, 6.07) is 7.63. The second-order valence-electron chi connectivity index (χ2n) is 2.91. The highest BCUT2D eigenvalue weighted by molar-refractivity contribution is 8.16. The quantitative estimate of drug-likeness (QED) is 0.772. The van der Waals surface area contributed by atoms with Crippen molar-refractivity contribution >= 4 is 40.2 Å². The molecule has 1 rings (SSSR count). The van der Waals surface area contributed by atoms with Gasteiger partial charge >= 0.3 is 0 Å². The van der Waals surface area contributed by atoms with Crippen LogP contribution in [0.1, 0.15) is 5.56 Å². The molecule has 88 valence electrons. The molecule has 0 aliphatic carbocycles. The van der Waals surface area contributed by atoms with E-state index in [1.807, 2.05) is 36.6 Å². The van der Waals surface area contributed by atoms with Crippen LogP contribution in [0, 0.1) is 0 Å². The van der Waals surface area contributed by atoms with Crippen LogP contribution < -0.4 is 4.74 Å². The lowest BCUT2D eigenvalue weighted by Gasteiger charge is -2.07. The lowest BCUT2D eigenvalue weighted by Crippen LogP contribution is -1.93. The summed E-state index contributed by atoms with van der Waals surface area (Å²) in [5.41, 5.74) is 0.891. The number of rotatable bonds is 5. The molecule has 2 nitrogen and oxygen atoms in total. The molecule has 0 radical (unpaired) electrons. The van der Waals surface area contributed by atoms with Crippen LogP contribution in [0.3, 0.4) is 0 Å². The fourth-order valence-electron chi connectivity index (χ4n) is 1.18. The Morgan fingerprint density at radius 3 is 2.81 bits per heavy atom. The first kappa shape index (κ1) is 13.6. The molecule has 1 unspecified atom stereocenters. The third kappa shape index (κ3) is 3.85. The van der Waals surface area contributed by atoms with Gasteiger partial charge in [-0.05, 0) is 18.4 Å². The third-order valence-corrected chi connectivity index (χ3v) is 4.40. The van der Waals surface area contributed by atoms with Crippen LogP contribution in [-0.4, -0.2) is 22.8 Å². The van der Waals surface area contributed by atoms with Crippen molar-refractivity contribution < 1.29 is 8.95 Å². The van der Waals surface area contributed by atoms with Crippen molar-refractivity contribution in [3.05, 3.63) is 34.1 Å². The zero-order valence-electron chi connectivity index (χ0n) is 9.10. The van der Waals surface area contributed by atoms with Crippen molar-refractivity contribution in [2.24, 2.45) is 0 Å². The zero-order valence-corrected chi connectivity index (χ0v) is 11.5. The van der Waals surface area contributed by atoms with Crippen LogP contribution in [0.2, 0.25) is 0 Å². The van der Waals surface area contributed by atoms with E-state index in [-0.39, 0.29) is 6.07 Å². The summed E-state index contributed by atoms with van der Waals surface area (Å²) in [4.78, 5) is 0. The predicted octanol–water partition coefficient (Wildman–Crippen LogP) is 3.30. The number of ether oxygens (including phenoxy) is 1. The molecule has 16 heavy (non-hydrogen) atoms.